The van der Waals surface area contributed by atoms with Crippen molar-refractivity contribution in [3.8, 4) is 0 Å². The smallest absolute Gasteiger partial charge is 0.343 e. The number of rotatable bonds is 6. The fourth-order valence-corrected chi connectivity index (χ4v) is 3.12. The number of nitrogens with one attached hydrogen (secondary N) is 3. The highest BCUT2D eigenvalue weighted by molar-refractivity contribution is 6.42. The van der Waals surface area contributed by atoms with Crippen LogP contribution in [0.3, 0.4) is 0 Å². The van der Waals surface area contributed by atoms with Gasteiger partial charge < -0.3 is 16.0 Å². The molecule has 0 aliphatic carbocycles. The highest BCUT2D eigenvalue weighted by Gasteiger charge is 2.30. The van der Waals surface area contributed by atoms with Crippen LogP contribution in [-0.2, 0) is 11.0 Å². The average Bonchev–Trinajstić information content (AvgIpc) is 2.79. The third-order valence-electron chi connectivity index (χ3n) is 4.45. The van der Waals surface area contributed by atoms with Crippen molar-refractivity contribution >= 4 is 52.3 Å². The molecular weight excluding hydrogens is 494 g/mol. The van der Waals surface area contributed by atoms with Crippen LogP contribution in [0, 0.1) is 0 Å². The maximum absolute atomic E-state index is 12.9. The molecule has 0 fully saturated rings. The van der Waals surface area contributed by atoms with E-state index in [0.29, 0.717) is 0 Å². The Morgan fingerprint density at radius 2 is 1.38 bits per heavy atom. The Balaban J connectivity index is 1.59. The van der Waals surface area contributed by atoms with E-state index in [9.17, 15) is 27.6 Å². The van der Waals surface area contributed by atoms with Gasteiger partial charge in [-0.1, -0.05) is 35.3 Å². The molecule has 0 unspecified atom stereocenters. The lowest BCUT2D eigenvalue weighted by atomic mass is 10.1. The van der Waals surface area contributed by atoms with Gasteiger partial charge in [-0.2, -0.15) is 13.2 Å². The first kappa shape index (κ1) is 25.1. The van der Waals surface area contributed by atoms with Crippen LogP contribution < -0.4 is 16.0 Å². The van der Waals surface area contributed by atoms with Gasteiger partial charge in [0.1, 0.15) is 0 Å². The third-order valence-corrected chi connectivity index (χ3v) is 5.19. The molecule has 0 atom stereocenters. The molecule has 34 heavy (non-hydrogen) atoms. The summed E-state index contributed by atoms with van der Waals surface area (Å²) in [6.07, 6.45) is -4.54. The van der Waals surface area contributed by atoms with Gasteiger partial charge in [0.15, 0.2) is 0 Å². The fraction of sp³-hybridized carbons (Fsp3) is 0.0870. The monoisotopic (exact) mass is 509 g/mol. The summed E-state index contributed by atoms with van der Waals surface area (Å²) in [6.45, 7) is -0.361. The van der Waals surface area contributed by atoms with E-state index in [1.807, 2.05) is 0 Å². The second-order valence-electron chi connectivity index (χ2n) is 6.97. The molecule has 0 bridgehead atoms. The predicted molar refractivity (Wildman–Crippen MR) is 123 cm³/mol. The summed E-state index contributed by atoms with van der Waals surface area (Å²) >= 11 is 11.7. The van der Waals surface area contributed by atoms with Crippen LogP contribution in [0.2, 0.25) is 10.0 Å². The zero-order valence-electron chi connectivity index (χ0n) is 17.2. The van der Waals surface area contributed by atoms with Crippen LogP contribution in [0.1, 0.15) is 26.3 Å². The molecular formula is C23H16Cl2F3N3O3. The van der Waals surface area contributed by atoms with Crippen LogP contribution in [0.4, 0.5) is 24.5 Å². The minimum atomic E-state index is -4.54. The second-order valence-corrected chi connectivity index (χ2v) is 7.79. The Hall–Kier alpha value is -3.56. The van der Waals surface area contributed by atoms with Gasteiger partial charge in [0, 0.05) is 22.5 Å². The first-order chi connectivity index (χ1) is 16.0. The molecule has 0 saturated heterocycles. The number of alkyl halides is 3. The minimum Gasteiger partial charge on any atom is -0.343 e. The molecule has 176 valence electrons. The van der Waals surface area contributed by atoms with Crippen molar-refractivity contribution in [2.75, 3.05) is 17.2 Å². The summed E-state index contributed by atoms with van der Waals surface area (Å²) in [5, 5.41) is 7.82. The van der Waals surface area contributed by atoms with E-state index < -0.39 is 29.5 Å². The number of carbonyl (C=O) groups excluding carboxylic acids is 3. The van der Waals surface area contributed by atoms with Gasteiger partial charge in [-0.25, -0.2) is 0 Å². The Bertz CT molecular complexity index is 1250. The summed E-state index contributed by atoms with van der Waals surface area (Å²) in [6, 6.07) is 14.3. The molecule has 3 rings (SSSR count). The van der Waals surface area contributed by atoms with E-state index in [1.165, 1.54) is 54.6 Å². The number of carbonyl (C=O) groups is 3. The first-order valence-electron chi connectivity index (χ1n) is 9.65. The van der Waals surface area contributed by atoms with Crippen molar-refractivity contribution < 1.29 is 27.6 Å². The van der Waals surface area contributed by atoms with E-state index in [2.05, 4.69) is 16.0 Å². The van der Waals surface area contributed by atoms with Crippen molar-refractivity contribution in [2.45, 2.75) is 6.18 Å². The highest BCUT2D eigenvalue weighted by Crippen LogP contribution is 2.30. The van der Waals surface area contributed by atoms with Crippen molar-refractivity contribution in [1.82, 2.24) is 5.32 Å². The van der Waals surface area contributed by atoms with E-state index in [4.69, 9.17) is 23.2 Å². The Morgan fingerprint density at radius 3 is 2.06 bits per heavy atom. The lowest BCUT2D eigenvalue weighted by Gasteiger charge is -2.11. The maximum atomic E-state index is 12.9. The second kappa shape index (κ2) is 10.6. The maximum Gasteiger partial charge on any atom is 0.416 e. The van der Waals surface area contributed by atoms with E-state index in [-0.39, 0.29) is 39.1 Å². The van der Waals surface area contributed by atoms with Gasteiger partial charge >= 0.3 is 6.18 Å². The van der Waals surface area contributed by atoms with Gasteiger partial charge in [-0.15, -0.1) is 0 Å². The molecule has 0 aliphatic heterocycles. The molecule has 0 aliphatic rings. The summed E-state index contributed by atoms with van der Waals surface area (Å²) in [5.41, 5.74) is -0.343. The Morgan fingerprint density at radius 1 is 0.735 bits per heavy atom. The minimum absolute atomic E-state index is 0.0284. The SMILES string of the molecule is O=C(CNC(=O)c1ccc(Cl)c(Cl)c1)Nc1cccc(C(=O)Nc2cccc(C(F)(F)F)c2)c1. The van der Waals surface area contributed by atoms with Crippen molar-refractivity contribution in [2.24, 2.45) is 0 Å². The molecule has 11 heteroatoms. The lowest BCUT2D eigenvalue weighted by Crippen LogP contribution is -2.32. The number of hydrogen-bond acceptors (Lipinski definition) is 3. The molecule has 3 N–H and O–H groups in total. The average molecular weight is 510 g/mol. The number of amides is 3. The molecule has 0 saturated carbocycles. The summed E-state index contributed by atoms with van der Waals surface area (Å²) in [5.74, 6) is -1.77. The van der Waals surface area contributed by atoms with Gasteiger partial charge in [-0.3, -0.25) is 14.4 Å². The molecule has 3 aromatic carbocycles. The summed E-state index contributed by atoms with van der Waals surface area (Å²) < 4.78 is 38.6. The quantitative estimate of drug-likeness (QED) is 0.402. The summed E-state index contributed by atoms with van der Waals surface area (Å²) in [4.78, 5) is 36.8. The Kier molecular flexibility index (Phi) is 7.80. The lowest BCUT2D eigenvalue weighted by molar-refractivity contribution is -0.137. The number of anilines is 2. The topological polar surface area (TPSA) is 87.3 Å². The number of benzene rings is 3. The standard InChI is InChI=1S/C23H16Cl2F3N3O3/c24-18-8-7-14(10-19(18)25)21(33)29-12-20(32)30-16-5-1-3-13(9-16)22(34)31-17-6-2-4-15(11-17)23(26,27)28/h1-11H,12H2,(H,29,33)(H,30,32)(H,31,34). The molecule has 0 spiro atoms. The molecule has 3 aromatic rings. The normalized spacial score (nSPS) is 11.0. The molecule has 6 nitrogen and oxygen atoms in total. The van der Waals surface area contributed by atoms with Gasteiger partial charge in [0.2, 0.25) is 5.91 Å². The van der Waals surface area contributed by atoms with Crippen LogP contribution in [0.5, 0.6) is 0 Å². The molecule has 0 radical (unpaired) electrons. The van der Waals surface area contributed by atoms with Crippen LogP contribution >= 0.6 is 23.2 Å². The predicted octanol–water partition coefficient (Wildman–Crippen LogP) is 5.63. The van der Waals surface area contributed by atoms with Crippen LogP contribution in [-0.4, -0.2) is 24.3 Å². The van der Waals surface area contributed by atoms with E-state index in [0.717, 1.165) is 12.1 Å². The van der Waals surface area contributed by atoms with Crippen molar-refractivity contribution in [3.05, 3.63) is 93.5 Å². The van der Waals surface area contributed by atoms with Crippen LogP contribution in [0.15, 0.2) is 66.7 Å². The number of halogens is 5. The summed E-state index contributed by atoms with van der Waals surface area (Å²) in [7, 11) is 0. The van der Waals surface area contributed by atoms with E-state index >= 15 is 0 Å². The third kappa shape index (κ3) is 6.72. The van der Waals surface area contributed by atoms with Gasteiger partial charge in [0.25, 0.3) is 11.8 Å². The zero-order chi connectivity index (χ0) is 24.9. The van der Waals surface area contributed by atoms with Crippen molar-refractivity contribution in [1.29, 1.82) is 0 Å². The molecule has 0 heterocycles. The van der Waals surface area contributed by atoms with Gasteiger partial charge in [0.05, 0.1) is 22.2 Å². The van der Waals surface area contributed by atoms with Crippen LogP contribution in [0.25, 0.3) is 0 Å². The molecule has 0 aromatic heterocycles. The number of hydrogen-bond donors (Lipinski definition) is 3. The largest absolute Gasteiger partial charge is 0.416 e. The van der Waals surface area contributed by atoms with E-state index in [1.54, 1.807) is 0 Å². The molecule has 3 amide bonds. The van der Waals surface area contributed by atoms with Crippen molar-refractivity contribution in [3.63, 3.8) is 0 Å². The first-order valence-corrected chi connectivity index (χ1v) is 10.4. The van der Waals surface area contributed by atoms with Gasteiger partial charge in [-0.05, 0) is 54.6 Å². The zero-order valence-corrected chi connectivity index (χ0v) is 18.7. The highest BCUT2D eigenvalue weighted by atomic mass is 35.5. The fourth-order valence-electron chi connectivity index (χ4n) is 2.82. The Labute approximate surface area is 202 Å².